The molecule has 2 saturated heterocycles. The van der Waals surface area contributed by atoms with E-state index >= 15 is 0 Å². The van der Waals surface area contributed by atoms with Crippen LogP contribution in [-0.4, -0.2) is 65.5 Å². The van der Waals surface area contributed by atoms with Gasteiger partial charge >= 0.3 is 6.09 Å². The lowest BCUT2D eigenvalue weighted by atomic mass is 9.95. The molecule has 2 aromatic rings. The van der Waals surface area contributed by atoms with Gasteiger partial charge in [-0.3, -0.25) is 9.59 Å². The van der Waals surface area contributed by atoms with Gasteiger partial charge in [-0.15, -0.1) is 0 Å². The summed E-state index contributed by atoms with van der Waals surface area (Å²) in [5, 5.41) is 7.54. The van der Waals surface area contributed by atoms with Gasteiger partial charge in [0, 0.05) is 38.3 Å². The van der Waals surface area contributed by atoms with Crippen molar-refractivity contribution in [3.63, 3.8) is 0 Å². The first-order valence-corrected chi connectivity index (χ1v) is 12.1. The van der Waals surface area contributed by atoms with E-state index in [-0.39, 0.29) is 29.5 Å². The number of nitrogens with one attached hydrogen (secondary N) is 1. The summed E-state index contributed by atoms with van der Waals surface area (Å²) in [6, 6.07) is 11.4. The molecule has 4 rings (SSSR count). The van der Waals surface area contributed by atoms with Crippen molar-refractivity contribution in [2.24, 2.45) is 5.92 Å². The van der Waals surface area contributed by atoms with Crippen LogP contribution in [0.3, 0.4) is 0 Å². The number of amides is 2. The fourth-order valence-electron chi connectivity index (χ4n) is 4.64. The zero-order valence-corrected chi connectivity index (χ0v) is 19.7. The maximum Gasteiger partial charge on any atom is 0.409 e. The number of carbonyl (C=O) groups is 2. The van der Waals surface area contributed by atoms with E-state index in [0.29, 0.717) is 32.8 Å². The summed E-state index contributed by atoms with van der Waals surface area (Å²) in [4.78, 5) is 41.2. The van der Waals surface area contributed by atoms with Gasteiger partial charge in [0.05, 0.1) is 31.0 Å². The fourth-order valence-corrected chi connectivity index (χ4v) is 4.64. The summed E-state index contributed by atoms with van der Waals surface area (Å²) in [6.45, 7) is 5.13. The van der Waals surface area contributed by atoms with E-state index in [0.717, 1.165) is 43.5 Å². The summed E-state index contributed by atoms with van der Waals surface area (Å²) in [7, 11) is 0. The van der Waals surface area contributed by atoms with Crippen molar-refractivity contribution in [3.8, 4) is 0 Å². The minimum atomic E-state index is -0.283. The molecule has 182 valence electrons. The van der Waals surface area contributed by atoms with E-state index in [2.05, 4.69) is 15.3 Å². The van der Waals surface area contributed by atoms with Crippen molar-refractivity contribution in [1.82, 2.24) is 20.0 Å². The van der Waals surface area contributed by atoms with Crippen LogP contribution in [0.1, 0.15) is 38.2 Å². The lowest BCUT2D eigenvalue weighted by Gasteiger charge is -2.35. The molecule has 34 heavy (non-hydrogen) atoms. The lowest BCUT2D eigenvalue weighted by Crippen LogP contribution is -2.50. The normalized spacial score (nSPS) is 19.0. The second-order valence-electron chi connectivity index (χ2n) is 8.95. The second kappa shape index (κ2) is 11.2. The third kappa shape index (κ3) is 5.95. The third-order valence-electron chi connectivity index (χ3n) is 6.55. The summed E-state index contributed by atoms with van der Waals surface area (Å²) in [6.07, 6.45) is 4.59. The summed E-state index contributed by atoms with van der Waals surface area (Å²) < 4.78 is 6.51. The van der Waals surface area contributed by atoms with Crippen LogP contribution in [0.5, 0.6) is 0 Å². The van der Waals surface area contributed by atoms with Crippen LogP contribution in [0.4, 0.5) is 10.5 Å². The number of piperidine rings is 2. The number of rotatable bonds is 6. The van der Waals surface area contributed by atoms with Crippen molar-refractivity contribution < 1.29 is 14.3 Å². The number of nitrogens with zero attached hydrogens (tertiary/aromatic N) is 4. The number of ether oxygens (including phenoxy) is 1. The first-order valence-electron chi connectivity index (χ1n) is 12.1. The molecule has 1 aromatic heterocycles. The maximum absolute atomic E-state index is 13.0. The van der Waals surface area contributed by atoms with Gasteiger partial charge in [0.2, 0.25) is 5.91 Å². The van der Waals surface area contributed by atoms with Crippen molar-refractivity contribution >= 4 is 17.7 Å². The molecule has 0 aliphatic carbocycles. The van der Waals surface area contributed by atoms with Gasteiger partial charge in [0.15, 0.2) is 0 Å². The highest BCUT2D eigenvalue weighted by molar-refractivity contribution is 5.80. The zero-order chi connectivity index (χ0) is 23.9. The van der Waals surface area contributed by atoms with E-state index in [1.807, 2.05) is 30.3 Å². The SMILES string of the molecule is CCOC(=O)N1CCC(NC(=O)C2CCCN(c3cnn(Cc4ccccc4)c(=O)c3)C2)CC1. The predicted molar refractivity (Wildman–Crippen MR) is 129 cm³/mol. The Hall–Kier alpha value is -3.36. The highest BCUT2D eigenvalue weighted by Crippen LogP contribution is 2.23. The minimum absolute atomic E-state index is 0.0460. The van der Waals surface area contributed by atoms with E-state index in [9.17, 15) is 14.4 Å². The Kier molecular flexibility index (Phi) is 7.82. The quantitative estimate of drug-likeness (QED) is 0.700. The highest BCUT2D eigenvalue weighted by Gasteiger charge is 2.30. The highest BCUT2D eigenvalue weighted by atomic mass is 16.6. The van der Waals surface area contributed by atoms with Gasteiger partial charge in [-0.25, -0.2) is 9.48 Å². The fraction of sp³-hybridized carbons (Fsp3) is 0.520. The van der Waals surface area contributed by atoms with Gasteiger partial charge < -0.3 is 19.9 Å². The number of anilines is 1. The van der Waals surface area contributed by atoms with Crippen LogP contribution in [0.25, 0.3) is 0 Å². The molecule has 0 bridgehead atoms. The molecule has 1 atom stereocenters. The number of aromatic nitrogens is 2. The molecule has 0 saturated carbocycles. The molecule has 2 aliphatic rings. The second-order valence-corrected chi connectivity index (χ2v) is 8.95. The Bertz CT molecular complexity index is 1030. The number of hydrogen-bond donors (Lipinski definition) is 1. The van der Waals surface area contributed by atoms with Crippen LogP contribution in [0.15, 0.2) is 47.4 Å². The molecule has 1 N–H and O–H groups in total. The molecule has 9 heteroatoms. The molecule has 1 aromatic carbocycles. The topological polar surface area (TPSA) is 96.8 Å². The Labute approximate surface area is 199 Å². The van der Waals surface area contributed by atoms with Crippen LogP contribution >= 0.6 is 0 Å². The van der Waals surface area contributed by atoms with Crippen molar-refractivity contribution in [3.05, 3.63) is 58.5 Å². The Morgan fingerprint density at radius 2 is 1.88 bits per heavy atom. The minimum Gasteiger partial charge on any atom is -0.450 e. The van der Waals surface area contributed by atoms with Gasteiger partial charge in [0.1, 0.15) is 0 Å². The predicted octanol–water partition coefficient (Wildman–Crippen LogP) is 2.25. The smallest absolute Gasteiger partial charge is 0.409 e. The van der Waals surface area contributed by atoms with Gasteiger partial charge in [0.25, 0.3) is 5.56 Å². The molecule has 9 nitrogen and oxygen atoms in total. The van der Waals surface area contributed by atoms with Crippen LogP contribution in [0, 0.1) is 5.92 Å². The average molecular weight is 468 g/mol. The largest absolute Gasteiger partial charge is 0.450 e. The van der Waals surface area contributed by atoms with Crippen LogP contribution in [0.2, 0.25) is 0 Å². The van der Waals surface area contributed by atoms with E-state index in [1.54, 1.807) is 24.1 Å². The number of carbonyl (C=O) groups excluding carboxylic acids is 2. The van der Waals surface area contributed by atoms with Gasteiger partial charge in [-0.1, -0.05) is 30.3 Å². The monoisotopic (exact) mass is 467 g/mol. The first kappa shape index (κ1) is 23.8. The summed E-state index contributed by atoms with van der Waals surface area (Å²) in [5.74, 6) is -0.0896. The maximum atomic E-state index is 13.0. The van der Waals surface area contributed by atoms with Crippen LogP contribution in [-0.2, 0) is 16.1 Å². The Morgan fingerprint density at radius 3 is 2.59 bits per heavy atom. The molecule has 3 heterocycles. The van der Waals surface area contributed by atoms with Crippen molar-refractivity contribution in [2.75, 3.05) is 37.7 Å². The average Bonchev–Trinajstić information content (AvgIpc) is 2.86. The number of likely N-dealkylation sites (tertiary alicyclic amines) is 1. The Balaban J connectivity index is 1.31. The molecular weight excluding hydrogens is 434 g/mol. The molecule has 2 fully saturated rings. The number of hydrogen-bond acceptors (Lipinski definition) is 6. The van der Waals surface area contributed by atoms with Crippen LogP contribution < -0.4 is 15.8 Å². The van der Waals surface area contributed by atoms with Crippen molar-refractivity contribution in [2.45, 2.75) is 45.2 Å². The summed E-state index contributed by atoms with van der Waals surface area (Å²) in [5.41, 5.74) is 1.63. The molecule has 2 amide bonds. The molecule has 2 aliphatic heterocycles. The molecule has 0 spiro atoms. The standard InChI is InChI=1S/C25H33N5O4/c1-2-34-25(33)28-13-10-21(11-14-28)27-24(32)20-9-6-12-29(18-20)22-15-23(31)30(26-16-22)17-19-7-4-3-5-8-19/h3-5,7-8,15-16,20-21H,2,6,9-14,17-18H2,1H3,(H,27,32). The third-order valence-corrected chi connectivity index (χ3v) is 6.55. The van der Waals surface area contributed by atoms with Crippen molar-refractivity contribution in [1.29, 1.82) is 0 Å². The molecule has 0 radical (unpaired) electrons. The van der Waals surface area contributed by atoms with E-state index in [1.165, 1.54) is 4.68 Å². The Morgan fingerprint density at radius 1 is 1.12 bits per heavy atom. The lowest BCUT2D eigenvalue weighted by molar-refractivity contribution is -0.126. The first-order chi connectivity index (χ1) is 16.5. The van der Waals surface area contributed by atoms with E-state index < -0.39 is 0 Å². The van der Waals surface area contributed by atoms with Gasteiger partial charge in [-0.05, 0) is 38.2 Å². The number of benzene rings is 1. The zero-order valence-electron chi connectivity index (χ0n) is 19.7. The molecule has 1 unspecified atom stereocenters. The van der Waals surface area contributed by atoms with Gasteiger partial charge in [-0.2, -0.15) is 5.10 Å². The van der Waals surface area contributed by atoms with E-state index in [4.69, 9.17) is 4.74 Å². The summed E-state index contributed by atoms with van der Waals surface area (Å²) >= 11 is 0. The molecular formula is C25H33N5O4.